The number of hydrogen-bond donors (Lipinski definition) is 0. The predicted molar refractivity (Wildman–Crippen MR) is 70.7 cm³/mol. The quantitative estimate of drug-likeness (QED) is 0.370. The Morgan fingerprint density at radius 2 is 1.89 bits per heavy atom. The van der Waals surface area contributed by atoms with Crippen LogP contribution in [0.4, 0.5) is 5.88 Å². The van der Waals surface area contributed by atoms with E-state index in [1.807, 2.05) is 0 Å². The molecule has 0 saturated carbocycles. The Bertz CT molecular complexity index is 643. The first-order chi connectivity index (χ1) is 9.10. The number of nitrogens with zero attached hydrogens (tertiary/aromatic N) is 1. The van der Waals surface area contributed by atoms with E-state index in [9.17, 15) is 14.9 Å². The fourth-order valence-corrected chi connectivity index (χ4v) is 1.62. The van der Waals surface area contributed by atoms with E-state index >= 15 is 0 Å². The average Bonchev–Trinajstić information content (AvgIpc) is 2.86. The lowest BCUT2D eigenvalue weighted by atomic mass is 10.1. The summed E-state index contributed by atoms with van der Waals surface area (Å²) in [6, 6.07) is 9.32. The zero-order chi connectivity index (χ0) is 13.8. The van der Waals surface area contributed by atoms with Gasteiger partial charge < -0.3 is 4.42 Å². The zero-order valence-corrected chi connectivity index (χ0v) is 10.3. The van der Waals surface area contributed by atoms with Crippen molar-refractivity contribution in [3.8, 4) is 0 Å². The molecule has 96 valence electrons. The molecule has 0 spiro atoms. The van der Waals surface area contributed by atoms with E-state index in [1.54, 1.807) is 24.3 Å². The molecule has 0 aliphatic rings. The van der Waals surface area contributed by atoms with E-state index in [0.29, 0.717) is 22.4 Å². The Morgan fingerprint density at radius 3 is 2.42 bits per heavy atom. The average molecular weight is 278 g/mol. The summed E-state index contributed by atoms with van der Waals surface area (Å²) in [5, 5.41) is 11.0. The van der Waals surface area contributed by atoms with Gasteiger partial charge in [0.25, 0.3) is 0 Å². The first-order valence-electron chi connectivity index (χ1n) is 5.27. The highest BCUT2D eigenvalue weighted by atomic mass is 35.5. The van der Waals surface area contributed by atoms with Crippen LogP contribution in [0.3, 0.4) is 0 Å². The van der Waals surface area contributed by atoms with Gasteiger partial charge >= 0.3 is 5.88 Å². The van der Waals surface area contributed by atoms with E-state index in [4.69, 9.17) is 16.0 Å². The number of carbonyl (C=O) groups is 1. The molecule has 0 fully saturated rings. The molecule has 0 N–H and O–H groups in total. The monoisotopic (exact) mass is 277 g/mol. The maximum absolute atomic E-state index is 11.1. The summed E-state index contributed by atoms with van der Waals surface area (Å²) in [6.45, 7) is 0. The van der Waals surface area contributed by atoms with E-state index in [-0.39, 0.29) is 11.6 Å². The highest BCUT2D eigenvalue weighted by Gasteiger charge is 2.11. The van der Waals surface area contributed by atoms with Crippen LogP contribution in [-0.4, -0.2) is 11.2 Å². The number of allylic oxidation sites excluding steroid dienone is 1. The summed E-state index contributed by atoms with van der Waals surface area (Å²) >= 11 is 5.76. The normalized spacial score (nSPS) is 11.3. The van der Waals surface area contributed by atoms with Crippen LogP contribution in [0.25, 0.3) is 11.6 Å². The Morgan fingerprint density at radius 1 is 1.21 bits per heavy atom. The number of furan rings is 1. The second-order valence-electron chi connectivity index (χ2n) is 3.66. The molecule has 0 radical (unpaired) electrons. The highest BCUT2D eigenvalue weighted by Crippen LogP contribution is 2.22. The smallest absolute Gasteiger partial charge is 0.401 e. The maximum atomic E-state index is 11.1. The molecule has 0 unspecified atom stereocenters. The molecule has 19 heavy (non-hydrogen) atoms. The lowest BCUT2D eigenvalue weighted by molar-refractivity contribution is -0.402. The van der Waals surface area contributed by atoms with Gasteiger partial charge in [-0.25, -0.2) is 0 Å². The van der Waals surface area contributed by atoms with Crippen LogP contribution in [0.2, 0.25) is 5.02 Å². The summed E-state index contributed by atoms with van der Waals surface area (Å²) in [4.78, 5) is 20.9. The third-order valence-electron chi connectivity index (χ3n) is 2.39. The second kappa shape index (κ2) is 5.49. The number of aldehydes is 1. The molecule has 1 aromatic heterocycles. The minimum Gasteiger partial charge on any atom is -0.401 e. The summed E-state index contributed by atoms with van der Waals surface area (Å²) in [5.74, 6) is -0.128. The number of hydrogen-bond acceptors (Lipinski definition) is 4. The van der Waals surface area contributed by atoms with Crippen LogP contribution in [-0.2, 0) is 4.79 Å². The molecule has 6 heteroatoms. The van der Waals surface area contributed by atoms with Gasteiger partial charge in [-0.1, -0.05) is 23.7 Å². The van der Waals surface area contributed by atoms with Crippen molar-refractivity contribution in [1.29, 1.82) is 0 Å². The number of nitro groups is 1. The van der Waals surface area contributed by atoms with Crippen molar-refractivity contribution in [1.82, 2.24) is 0 Å². The Labute approximate surface area is 113 Å². The number of halogens is 1. The van der Waals surface area contributed by atoms with Gasteiger partial charge in [-0.2, -0.15) is 0 Å². The van der Waals surface area contributed by atoms with Crippen LogP contribution in [0.15, 0.2) is 40.8 Å². The summed E-state index contributed by atoms with van der Waals surface area (Å²) < 4.78 is 4.96. The van der Waals surface area contributed by atoms with E-state index in [2.05, 4.69) is 0 Å². The Balaban J connectivity index is 2.34. The summed E-state index contributed by atoms with van der Waals surface area (Å²) in [5.41, 5.74) is 0.999. The van der Waals surface area contributed by atoms with Gasteiger partial charge in [0.1, 0.15) is 10.7 Å². The van der Waals surface area contributed by atoms with Gasteiger partial charge in [-0.15, -0.1) is 0 Å². The number of benzene rings is 1. The first kappa shape index (κ1) is 13.0. The van der Waals surface area contributed by atoms with Crippen LogP contribution >= 0.6 is 11.6 Å². The van der Waals surface area contributed by atoms with Gasteiger partial charge in [-0.3, -0.25) is 14.9 Å². The van der Waals surface area contributed by atoms with Crippen molar-refractivity contribution in [2.24, 2.45) is 0 Å². The van der Waals surface area contributed by atoms with E-state index in [1.165, 1.54) is 18.2 Å². The zero-order valence-electron chi connectivity index (χ0n) is 9.58. The lowest BCUT2D eigenvalue weighted by Crippen LogP contribution is -1.85. The summed E-state index contributed by atoms with van der Waals surface area (Å²) in [7, 11) is 0. The highest BCUT2D eigenvalue weighted by molar-refractivity contribution is 6.30. The van der Waals surface area contributed by atoms with Gasteiger partial charge in [0.2, 0.25) is 0 Å². The van der Waals surface area contributed by atoms with Crippen LogP contribution in [0, 0.1) is 10.1 Å². The van der Waals surface area contributed by atoms with Crippen molar-refractivity contribution in [3.63, 3.8) is 0 Å². The first-order valence-corrected chi connectivity index (χ1v) is 5.65. The minimum atomic E-state index is -0.639. The molecule has 0 aliphatic carbocycles. The topological polar surface area (TPSA) is 73.3 Å². The lowest BCUT2D eigenvalue weighted by Gasteiger charge is -1.99. The van der Waals surface area contributed by atoms with E-state index in [0.717, 1.165) is 0 Å². The van der Waals surface area contributed by atoms with Gasteiger partial charge in [0.15, 0.2) is 6.29 Å². The maximum Gasteiger partial charge on any atom is 0.433 e. The van der Waals surface area contributed by atoms with Crippen LogP contribution in [0.1, 0.15) is 11.3 Å². The molecule has 1 aromatic carbocycles. The van der Waals surface area contributed by atoms with Crippen molar-refractivity contribution in [3.05, 3.63) is 62.9 Å². The summed E-state index contributed by atoms with van der Waals surface area (Å²) in [6.07, 6.45) is 2.08. The van der Waals surface area contributed by atoms with Crippen molar-refractivity contribution in [2.45, 2.75) is 0 Å². The number of rotatable bonds is 4. The second-order valence-corrected chi connectivity index (χ2v) is 4.09. The van der Waals surface area contributed by atoms with Crippen molar-refractivity contribution >= 4 is 35.4 Å². The van der Waals surface area contributed by atoms with Gasteiger partial charge in [-0.05, 0) is 29.8 Å². The van der Waals surface area contributed by atoms with E-state index < -0.39 is 4.92 Å². The molecule has 0 atom stereocenters. The Hall–Kier alpha value is -2.40. The molecule has 2 rings (SSSR count). The molecule has 0 bridgehead atoms. The fourth-order valence-electron chi connectivity index (χ4n) is 1.50. The predicted octanol–water partition coefficient (Wildman–Crippen LogP) is 3.58. The third kappa shape index (κ3) is 3.08. The SMILES string of the molecule is O=C/C(=C\c1ccc([N+](=O)[O-])o1)c1ccc(Cl)cc1. The molecule has 0 aliphatic heterocycles. The Kier molecular flexibility index (Phi) is 3.77. The van der Waals surface area contributed by atoms with Gasteiger partial charge in [0, 0.05) is 10.6 Å². The van der Waals surface area contributed by atoms with Crippen LogP contribution < -0.4 is 0 Å². The number of carbonyl (C=O) groups excluding carboxylic acids is 1. The fraction of sp³-hybridized carbons (Fsp3) is 0. The minimum absolute atomic E-state index is 0.240. The van der Waals surface area contributed by atoms with Crippen molar-refractivity contribution < 1.29 is 14.1 Å². The molecule has 0 saturated heterocycles. The van der Waals surface area contributed by atoms with Crippen LogP contribution in [0.5, 0.6) is 0 Å². The standard InChI is InChI=1S/C13H8ClNO4/c14-11-3-1-9(2-4-11)10(8-16)7-12-5-6-13(19-12)15(17)18/h1-8H/b10-7+. The molecular formula is C13H8ClNO4. The largest absolute Gasteiger partial charge is 0.433 e. The van der Waals surface area contributed by atoms with Crippen molar-refractivity contribution in [2.75, 3.05) is 0 Å². The molecule has 2 aromatic rings. The molecule has 1 heterocycles. The molecule has 5 nitrogen and oxygen atoms in total. The molecule has 0 amide bonds. The third-order valence-corrected chi connectivity index (χ3v) is 2.65. The van der Waals surface area contributed by atoms with Gasteiger partial charge in [0.05, 0.1) is 6.07 Å². The molecular weight excluding hydrogens is 270 g/mol.